The lowest BCUT2D eigenvalue weighted by Gasteiger charge is -2.46. The maximum atomic E-state index is 10.4. The molecule has 1 N–H and O–H groups in total. The van der Waals surface area contributed by atoms with E-state index in [-0.39, 0.29) is 22.0 Å². The Morgan fingerprint density at radius 2 is 1.30 bits per heavy atom. The van der Waals surface area contributed by atoms with Crippen molar-refractivity contribution in [3.8, 4) is 11.5 Å². The summed E-state index contributed by atoms with van der Waals surface area (Å²) in [5.41, 5.74) is 4.42. The second kappa shape index (κ2) is 10.9. The molecule has 0 bridgehead atoms. The Morgan fingerprint density at radius 3 is 1.73 bits per heavy atom. The summed E-state index contributed by atoms with van der Waals surface area (Å²) < 4.78 is 16.5. The molecule has 0 amide bonds. The molecule has 0 aliphatic heterocycles. The van der Waals surface area contributed by atoms with Crippen molar-refractivity contribution in [1.82, 2.24) is 0 Å². The first-order valence-corrected chi connectivity index (χ1v) is 11.9. The minimum absolute atomic E-state index is 0.0608. The number of hydrogen-bond acceptors (Lipinski definition) is 4. The average Bonchev–Trinajstić information content (AvgIpc) is 2.70. The van der Waals surface area contributed by atoms with Gasteiger partial charge in [0.15, 0.2) is 0 Å². The highest BCUT2D eigenvalue weighted by molar-refractivity contribution is 5.43. The number of aromatic hydroxyl groups is 1. The van der Waals surface area contributed by atoms with Gasteiger partial charge >= 0.3 is 0 Å². The van der Waals surface area contributed by atoms with E-state index in [1.54, 1.807) is 14.2 Å². The minimum atomic E-state index is 0.0608. The van der Waals surface area contributed by atoms with Gasteiger partial charge in [0.2, 0.25) is 0 Å². The third kappa shape index (κ3) is 7.22. The predicted octanol–water partition coefficient (Wildman–Crippen LogP) is 7.05. The van der Waals surface area contributed by atoms with Gasteiger partial charge in [-0.3, -0.25) is 0 Å². The summed E-state index contributed by atoms with van der Waals surface area (Å²) in [6, 6.07) is 12.6. The maximum absolute atomic E-state index is 10.4. The molecule has 0 heterocycles. The molecule has 4 nitrogen and oxygen atoms in total. The van der Waals surface area contributed by atoms with E-state index < -0.39 is 0 Å². The number of hydrogen-bond donors (Lipinski definition) is 1. The Kier molecular flexibility index (Phi) is 9.01. The van der Waals surface area contributed by atoms with Crippen LogP contribution < -0.4 is 4.74 Å². The molecule has 0 aliphatic carbocycles. The predicted molar refractivity (Wildman–Crippen MR) is 136 cm³/mol. The van der Waals surface area contributed by atoms with Crippen LogP contribution in [0.25, 0.3) is 0 Å². The van der Waals surface area contributed by atoms with Gasteiger partial charge in [0, 0.05) is 31.8 Å². The van der Waals surface area contributed by atoms with Crippen LogP contribution in [-0.4, -0.2) is 25.9 Å². The number of phenolic OH excluding ortho intramolecular Hbond substituents is 1. The smallest absolute Gasteiger partial charge is 0.126 e. The normalized spacial score (nSPS) is 14.2. The molecule has 0 fully saturated rings. The third-order valence-electron chi connectivity index (χ3n) is 6.62. The SMILES string of the molecule is COCc1cc(CCOc2ccc(C(C)(CC(C)(C)C)C(C)(C)C)cc2)cc(COC)c1O. The molecule has 0 saturated carbocycles. The van der Waals surface area contributed by atoms with Crippen molar-refractivity contribution in [3.05, 3.63) is 58.7 Å². The van der Waals surface area contributed by atoms with Gasteiger partial charge in [-0.25, -0.2) is 0 Å². The van der Waals surface area contributed by atoms with E-state index in [1.165, 1.54) is 5.56 Å². The zero-order valence-electron chi connectivity index (χ0n) is 22.2. The largest absolute Gasteiger partial charge is 0.507 e. The Labute approximate surface area is 201 Å². The summed E-state index contributed by atoms with van der Waals surface area (Å²) in [5.74, 6) is 1.12. The van der Waals surface area contributed by atoms with E-state index in [9.17, 15) is 5.11 Å². The van der Waals surface area contributed by atoms with Crippen molar-refractivity contribution >= 4 is 0 Å². The summed E-state index contributed by atoms with van der Waals surface area (Å²) in [4.78, 5) is 0. The van der Waals surface area contributed by atoms with E-state index in [0.717, 1.165) is 35.3 Å². The van der Waals surface area contributed by atoms with Crippen molar-refractivity contribution in [1.29, 1.82) is 0 Å². The Balaban J connectivity index is 2.12. The van der Waals surface area contributed by atoms with Gasteiger partial charge in [-0.05, 0) is 58.1 Å². The summed E-state index contributed by atoms with van der Waals surface area (Å²) in [6.07, 6.45) is 1.84. The van der Waals surface area contributed by atoms with Gasteiger partial charge in [-0.2, -0.15) is 0 Å². The summed E-state index contributed by atoms with van der Waals surface area (Å²) in [7, 11) is 3.25. The molecule has 0 radical (unpaired) electrons. The lowest BCUT2D eigenvalue weighted by Crippen LogP contribution is -2.40. The molecule has 2 aromatic rings. The first-order chi connectivity index (χ1) is 15.3. The highest BCUT2D eigenvalue weighted by Crippen LogP contribution is 2.48. The lowest BCUT2D eigenvalue weighted by molar-refractivity contribution is 0.134. The van der Waals surface area contributed by atoms with Crippen molar-refractivity contribution in [3.63, 3.8) is 0 Å². The molecule has 33 heavy (non-hydrogen) atoms. The van der Waals surface area contributed by atoms with Crippen LogP contribution in [0.15, 0.2) is 36.4 Å². The molecule has 0 aliphatic rings. The van der Waals surface area contributed by atoms with Crippen LogP contribution in [0.1, 0.15) is 77.1 Å². The fourth-order valence-corrected chi connectivity index (χ4v) is 4.57. The fraction of sp³-hybridized carbons (Fsp3) is 0.586. The van der Waals surface area contributed by atoms with Crippen LogP contribution in [0.3, 0.4) is 0 Å². The third-order valence-corrected chi connectivity index (χ3v) is 6.62. The molecule has 2 aromatic carbocycles. The second-order valence-corrected chi connectivity index (χ2v) is 11.6. The molecule has 1 atom stereocenters. The molecule has 0 aromatic heterocycles. The van der Waals surface area contributed by atoms with Gasteiger partial charge in [-0.1, -0.05) is 60.6 Å². The molecule has 184 valence electrons. The number of rotatable bonds is 10. The first-order valence-electron chi connectivity index (χ1n) is 11.9. The standard InChI is InChI=1S/C29H44O4/c1-27(2,3)20-29(7,28(4,5)6)24-10-12-25(13-11-24)33-15-14-21-16-22(18-31-8)26(30)23(17-21)19-32-9/h10-13,16-17,30H,14-15,18-20H2,1-9H3. The number of phenols is 1. The zero-order chi connectivity index (χ0) is 24.9. The van der Waals surface area contributed by atoms with Gasteiger partial charge in [-0.15, -0.1) is 0 Å². The second-order valence-electron chi connectivity index (χ2n) is 11.6. The van der Waals surface area contributed by atoms with E-state index in [2.05, 4.69) is 72.7 Å². The fourth-order valence-electron chi connectivity index (χ4n) is 4.57. The number of ether oxygens (including phenoxy) is 3. The van der Waals surface area contributed by atoms with Crippen LogP contribution in [0.5, 0.6) is 11.5 Å². The number of methoxy groups -OCH3 is 2. The van der Waals surface area contributed by atoms with Crippen molar-refractivity contribution in [2.75, 3.05) is 20.8 Å². The lowest BCUT2D eigenvalue weighted by atomic mass is 9.58. The summed E-state index contributed by atoms with van der Waals surface area (Å²) >= 11 is 0. The van der Waals surface area contributed by atoms with Crippen LogP contribution >= 0.6 is 0 Å². The summed E-state index contributed by atoms with van der Waals surface area (Å²) in [6.45, 7) is 17.6. The van der Waals surface area contributed by atoms with E-state index in [4.69, 9.17) is 14.2 Å². The Hall–Kier alpha value is -2.04. The minimum Gasteiger partial charge on any atom is -0.507 e. The van der Waals surface area contributed by atoms with Gasteiger partial charge in [0.1, 0.15) is 11.5 Å². The van der Waals surface area contributed by atoms with Crippen molar-refractivity contribution in [2.24, 2.45) is 10.8 Å². The van der Waals surface area contributed by atoms with E-state index in [0.29, 0.717) is 19.8 Å². The molecule has 2 rings (SSSR count). The monoisotopic (exact) mass is 456 g/mol. The van der Waals surface area contributed by atoms with Crippen molar-refractivity contribution < 1.29 is 19.3 Å². The molecular weight excluding hydrogens is 412 g/mol. The average molecular weight is 457 g/mol. The molecule has 0 saturated heterocycles. The van der Waals surface area contributed by atoms with E-state index >= 15 is 0 Å². The quantitative estimate of drug-likeness (QED) is 0.416. The Morgan fingerprint density at radius 1 is 0.788 bits per heavy atom. The van der Waals surface area contributed by atoms with Crippen LogP contribution in [0, 0.1) is 10.8 Å². The van der Waals surface area contributed by atoms with E-state index in [1.807, 2.05) is 12.1 Å². The highest BCUT2D eigenvalue weighted by Gasteiger charge is 2.41. The highest BCUT2D eigenvalue weighted by atomic mass is 16.5. The number of benzene rings is 2. The van der Waals surface area contributed by atoms with Crippen LogP contribution in [0.2, 0.25) is 0 Å². The molecule has 0 spiro atoms. The Bertz CT molecular complexity index is 860. The van der Waals surface area contributed by atoms with Gasteiger partial charge in [0.25, 0.3) is 0 Å². The maximum Gasteiger partial charge on any atom is 0.126 e. The molecule has 4 heteroatoms. The first kappa shape index (κ1) is 27.2. The van der Waals surface area contributed by atoms with Gasteiger partial charge in [0.05, 0.1) is 19.8 Å². The molecule has 1 unspecified atom stereocenters. The van der Waals surface area contributed by atoms with Crippen molar-refractivity contribution in [2.45, 2.75) is 79.9 Å². The van der Waals surface area contributed by atoms with Crippen LogP contribution in [-0.2, 0) is 34.5 Å². The van der Waals surface area contributed by atoms with Gasteiger partial charge < -0.3 is 19.3 Å². The molecular formula is C29H44O4. The zero-order valence-corrected chi connectivity index (χ0v) is 22.2. The summed E-state index contributed by atoms with van der Waals surface area (Å²) in [5, 5.41) is 10.4. The van der Waals surface area contributed by atoms with Crippen LogP contribution in [0.4, 0.5) is 0 Å². The topological polar surface area (TPSA) is 47.9 Å².